The van der Waals surface area contributed by atoms with Crippen molar-refractivity contribution < 1.29 is 9.84 Å². The van der Waals surface area contributed by atoms with Gasteiger partial charge in [-0.25, -0.2) is 0 Å². The van der Waals surface area contributed by atoms with Crippen molar-refractivity contribution in [1.82, 2.24) is 0 Å². The maximum absolute atomic E-state index is 8.83. The van der Waals surface area contributed by atoms with Gasteiger partial charge in [-0.3, -0.25) is 0 Å². The quantitative estimate of drug-likeness (QED) is 0.858. The summed E-state index contributed by atoms with van der Waals surface area (Å²) >= 11 is 15.1. The lowest BCUT2D eigenvalue weighted by molar-refractivity contribution is 0.174. The van der Waals surface area contributed by atoms with Gasteiger partial charge >= 0.3 is 0 Å². The highest BCUT2D eigenvalue weighted by atomic mass is 79.9. The predicted octanol–water partition coefficient (Wildman–Crippen LogP) is 3.76. The molecule has 1 N–H and O–H groups in total. The third kappa shape index (κ3) is 3.83. The average Bonchev–Trinajstić information content (AvgIpc) is 2.21. The van der Waals surface area contributed by atoms with Crippen LogP contribution in [0.25, 0.3) is 0 Å². The molecule has 1 atom stereocenters. The van der Waals surface area contributed by atoms with Crippen molar-refractivity contribution in [3.05, 3.63) is 26.7 Å². The fraction of sp³-hybridized carbons (Fsp3) is 0.400. The number of aliphatic hydroxyl groups excluding tert-OH is 1. The van der Waals surface area contributed by atoms with Gasteiger partial charge in [-0.05, 0) is 22.0 Å². The fourth-order valence-corrected chi connectivity index (χ4v) is 1.75. The molecule has 0 amide bonds. The monoisotopic (exact) mass is 312 g/mol. The van der Waals surface area contributed by atoms with Crippen molar-refractivity contribution in [2.24, 2.45) is 5.92 Å². The van der Waals surface area contributed by atoms with Gasteiger partial charge in [-0.2, -0.15) is 0 Å². The first kappa shape index (κ1) is 13.1. The minimum absolute atomic E-state index is 0.0727. The Morgan fingerprint density at radius 1 is 1.40 bits per heavy atom. The Labute approximate surface area is 107 Å². The number of aliphatic hydroxyl groups is 1. The number of halogens is 3. The SMILES string of the molecule is CC(CO)COc1cc(Cl)c(Br)cc1Cl. The van der Waals surface area contributed by atoms with Gasteiger partial charge in [-0.15, -0.1) is 0 Å². The Morgan fingerprint density at radius 3 is 2.67 bits per heavy atom. The third-order valence-corrected chi connectivity index (χ3v) is 3.30. The van der Waals surface area contributed by atoms with E-state index >= 15 is 0 Å². The van der Waals surface area contributed by atoms with Gasteiger partial charge in [0.25, 0.3) is 0 Å². The molecule has 0 heterocycles. The van der Waals surface area contributed by atoms with Crippen molar-refractivity contribution >= 4 is 39.1 Å². The maximum atomic E-state index is 8.83. The number of hydrogen-bond donors (Lipinski definition) is 1. The zero-order chi connectivity index (χ0) is 11.4. The molecule has 0 saturated heterocycles. The van der Waals surface area contributed by atoms with Crippen molar-refractivity contribution in [3.63, 3.8) is 0 Å². The van der Waals surface area contributed by atoms with Crippen molar-refractivity contribution in [1.29, 1.82) is 0 Å². The van der Waals surface area contributed by atoms with E-state index in [9.17, 15) is 0 Å². The summed E-state index contributed by atoms with van der Waals surface area (Å²) < 4.78 is 6.16. The van der Waals surface area contributed by atoms with Crippen LogP contribution in [0.15, 0.2) is 16.6 Å². The molecular formula is C10H11BrCl2O2. The number of benzene rings is 1. The molecule has 0 bridgehead atoms. The van der Waals surface area contributed by atoms with E-state index < -0.39 is 0 Å². The van der Waals surface area contributed by atoms with Crippen LogP contribution in [0.1, 0.15) is 6.92 Å². The highest BCUT2D eigenvalue weighted by molar-refractivity contribution is 9.10. The van der Waals surface area contributed by atoms with E-state index in [0.717, 1.165) is 4.47 Å². The van der Waals surface area contributed by atoms with Crippen LogP contribution in [0.2, 0.25) is 10.0 Å². The predicted molar refractivity (Wildman–Crippen MR) is 65.9 cm³/mol. The Balaban J connectivity index is 2.73. The molecule has 0 aliphatic heterocycles. The van der Waals surface area contributed by atoms with Crippen LogP contribution in [0.3, 0.4) is 0 Å². The Bertz CT molecular complexity index is 344. The molecule has 0 radical (unpaired) electrons. The first-order valence-electron chi connectivity index (χ1n) is 4.42. The largest absolute Gasteiger partial charge is 0.492 e. The first-order chi connectivity index (χ1) is 7.04. The minimum Gasteiger partial charge on any atom is -0.492 e. The topological polar surface area (TPSA) is 29.5 Å². The van der Waals surface area contributed by atoms with E-state index in [4.69, 9.17) is 33.0 Å². The summed E-state index contributed by atoms with van der Waals surface area (Å²) in [6.45, 7) is 2.38. The van der Waals surface area contributed by atoms with Crippen LogP contribution in [0.5, 0.6) is 5.75 Å². The summed E-state index contributed by atoms with van der Waals surface area (Å²) in [5.74, 6) is 0.605. The smallest absolute Gasteiger partial charge is 0.139 e. The minimum atomic E-state index is 0.0727. The normalized spacial score (nSPS) is 12.6. The standard InChI is InChI=1S/C10H11BrCl2O2/c1-6(4-14)5-15-10-3-8(12)7(11)2-9(10)13/h2-3,6,14H,4-5H2,1H3. The summed E-state index contributed by atoms with van der Waals surface area (Å²) in [6, 6.07) is 3.33. The molecular weight excluding hydrogens is 303 g/mol. The molecule has 0 aliphatic carbocycles. The van der Waals surface area contributed by atoms with Crippen LogP contribution in [0, 0.1) is 5.92 Å². The van der Waals surface area contributed by atoms with Gasteiger partial charge in [0.05, 0.1) is 16.7 Å². The molecule has 0 aliphatic rings. The highest BCUT2D eigenvalue weighted by Crippen LogP contribution is 2.34. The van der Waals surface area contributed by atoms with E-state index in [1.165, 1.54) is 0 Å². The second-order valence-electron chi connectivity index (χ2n) is 3.30. The Hall–Kier alpha value is 0.0400. The lowest BCUT2D eigenvalue weighted by Crippen LogP contribution is -2.12. The molecule has 15 heavy (non-hydrogen) atoms. The molecule has 0 saturated carbocycles. The maximum Gasteiger partial charge on any atom is 0.139 e. The fourth-order valence-electron chi connectivity index (χ4n) is 0.900. The molecule has 1 aromatic carbocycles. The van der Waals surface area contributed by atoms with E-state index in [1.54, 1.807) is 12.1 Å². The van der Waals surface area contributed by atoms with Crippen LogP contribution >= 0.6 is 39.1 Å². The van der Waals surface area contributed by atoms with Gasteiger partial charge in [-0.1, -0.05) is 30.1 Å². The van der Waals surface area contributed by atoms with Crippen molar-refractivity contribution in [2.75, 3.05) is 13.2 Å². The summed E-state index contributed by atoms with van der Waals surface area (Å²) in [6.07, 6.45) is 0. The molecule has 5 heteroatoms. The zero-order valence-electron chi connectivity index (χ0n) is 8.14. The van der Waals surface area contributed by atoms with Crippen LogP contribution in [-0.2, 0) is 0 Å². The number of ether oxygens (including phenoxy) is 1. The molecule has 1 aromatic rings. The summed E-state index contributed by atoms with van der Waals surface area (Å²) in [4.78, 5) is 0. The second kappa shape index (κ2) is 5.94. The van der Waals surface area contributed by atoms with E-state index in [-0.39, 0.29) is 12.5 Å². The van der Waals surface area contributed by atoms with Crippen LogP contribution in [0.4, 0.5) is 0 Å². The van der Waals surface area contributed by atoms with Gasteiger partial charge < -0.3 is 9.84 Å². The van der Waals surface area contributed by atoms with Crippen LogP contribution in [-0.4, -0.2) is 18.3 Å². The Morgan fingerprint density at radius 2 is 2.07 bits per heavy atom. The molecule has 1 rings (SSSR count). The molecule has 2 nitrogen and oxygen atoms in total. The number of rotatable bonds is 4. The van der Waals surface area contributed by atoms with Gasteiger partial charge in [0, 0.05) is 23.1 Å². The third-order valence-electron chi connectivity index (χ3n) is 1.81. The lowest BCUT2D eigenvalue weighted by Gasteiger charge is -2.12. The van der Waals surface area contributed by atoms with Gasteiger partial charge in [0.2, 0.25) is 0 Å². The lowest BCUT2D eigenvalue weighted by atomic mass is 10.2. The second-order valence-corrected chi connectivity index (χ2v) is 4.96. The van der Waals surface area contributed by atoms with Crippen molar-refractivity contribution in [3.8, 4) is 5.75 Å². The first-order valence-corrected chi connectivity index (χ1v) is 5.97. The highest BCUT2D eigenvalue weighted by Gasteiger charge is 2.08. The van der Waals surface area contributed by atoms with Gasteiger partial charge in [0.1, 0.15) is 5.75 Å². The molecule has 0 spiro atoms. The Kier molecular flexibility index (Phi) is 5.19. The van der Waals surface area contributed by atoms with E-state index in [2.05, 4.69) is 15.9 Å². The zero-order valence-corrected chi connectivity index (χ0v) is 11.2. The number of hydrogen-bond acceptors (Lipinski definition) is 2. The van der Waals surface area contributed by atoms with E-state index in [1.807, 2.05) is 6.92 Å². The average molecular weight is 314 g/mol. The summed E-state index contributed by atoms with van der Waals surface area (Å²) in [5.41, 5.74) is 0. The summed E-state index contributed by atoms with van der Waals surface area (Å²) in [5, 5.41) is 9.88. The summed E-state index contributed by atoms with van der Waals surface area (Å²) in [7, 11) is 0. The molecule has 0 aromatic heterocycles. The molecule has 84 valence electrons. The van der Waals surface area contributed by atoms with Gasteiger partial charge in [0.15, 0.2) is 0 Å². The molecule has 0 fully saturated rings. The molecule has 1 unspecified atom stereocenters. The van der Waals surface area contributed by atoms with E-state index in [0.29, 0.717) is 22.4 Å². The van der Waals surface area contributed by atoms with Crippen molar-refractivity contribution in [2.45, 2.75) is 6.92 Å². The van der Waals surface area contributed by atoms with Crippen LogP contribution < -0.4 is 4.74 Å².